The van der Waals surface area contributed by atoms with Gasteiger partial charge in [-0.1, -0.05) is 75.7 Å². The van der Waals surface area contributed by atoms with Gasteiger partial charge in [-0.05, 0) is 23.1 Å². The molecule has 0 saturated carbocycles. The molecule has 0 saturated heterocycles. The van der Waals surface area contributed by atoms with Crippen LogP contribution < -0.4 is 0 Å². The molecule has 0 radical (unpaired) electrons. The summed E-state index contributed by atoms with van der Waals surface area (Å²) in [7, 11) is 0. The quantitative estimate of drug-likeness (QED) is 0.617. The molecular weight excluding hydrogens is 270 g/mol. The molecule has 1 aliphatic heterocycles. The maximum Gasteiger partial charge on any atom is 0.180 e. The van der Waals surface area contributed by atoms with Crippen LogP contribution in [0.25, 0.3) is 10.8 Å². The van der Waals surface area contributed by atoms with Crippen LogP contribution in [0, 0.1) is 12.3 Å². The standard InChI is InChI=1S/C11H10.C5H12.C4H7NO/c1-9-6-7-10-4-2-3-5-11(10)8-9;1-5(2,3)4;1-4-5-2-3-6-4/h2-8H,1H3;1-4H3;2-3H2,1H3. The van der Waals surface area contributed by atoms with Gasteiger partial charge in [-0.3, -0.25) is 4.99 Å². The van der Waals surface area contributed by atoms with Gasteiger partial charge >= 0.3 is 0 Å². The Balaban J connectivity index is 0.000000187. The Kier molecular flexibility index (Phi) is 7.10. The largest absolute Gasteiger partial charge is 0.479 e. The third-order valence-electron chi connectivity index (χ3n) is 2.64. The van der Waals surface area contributed by atoms with E-state index in [2.05, 4.69) is 82.1 Å². The van der Waals surface area contributed by atoms with Gasteiger partial charge in [0.05, 0.1) is 6.54 Å². The molecule has 0 amide bonds. The molecule has 0 bridgehead atoms. The van der Waals surface area contributed by atoms with E-state index in [1.807, 2.05) is 6.92 Å². The lowest BCUT2D eigenvalue weighted by Gasteiger charge is -2.05. The second-order valence-electron chi connectivity index (χ2n) is 7.10. The number of benzene rings is 2. The minimum atomic E-state index is 0.500. The highest BCUT2D eigenvalue weighted by Crippen LogP contribution is 2.14. The molecule has 0 spiro atoms. The summed E-state index contributed by atoms with van der Waals surface area (Å²) in [6, 6.07) is 14.9. The van der Waals surface area contributed by atoms with Crippen molar-refractivity contribution in [3.8, 4) is 0 Å². The number of fused-ring (bicyclic) bond motifs is 1. The Bertz CT molecular complexity index is 602. The summed E-state index contributed by atoms with van der Waals surface area (Å²) in [6.45, 7) is 14.4. The maximum absolute atomic E-state index is 4.90. The fourth-order valence-electron chi connectivity index (χ4n) is 1.75. The van der Waals surface area contributed by atoms with Crippen molar-refractivity contribution >= 4 is 16.7 Å². The van der Waals surface area contributed by atoms with E-state index in [9.17, 15) is 0 Å². The second-order valence-corrected chi connectivity index (χ2v) is 7.10. The van der Waals surface area contributed by atoms with Crippen molar-refractivity contribution in [1.82, 2.24) is 0 Å². The zero-order chi connectivity index (χ0) is 16.6. The van der Waals surface area contributed by atoms with Gasteiger partial charge in [0, 0.05) is 6.92 Å². The van der Waals surface area contributed by atoms with Gasteiger partial charge < -0.3 is 4.74 Å². The molecule has 0 unspecified atom stereocenters. The topological polar surface area (TPSA) is 21.6 Å². The summed E-state index contributed by atoms with van der Waals surface area (Å²) in [5, 5.41) is 2.64. The minimum absolute atomic E-state index is 0.500. The van der Waals surface area contributed by atoms with E-state index >= 15 is 0 Å². The molecule has 0 aliphatic carbocycles. The van der Waals surface area contributed by atoms with Gasteiger partial charge in [0.25, 0.3) is 0 Å². The van der Waals surface area contributed by atoms with Gasteiger partial charge in [0.2, 0.25) is 0 Å². The van der Waals surface area contributed by atoms with Crippen molar-refractivity contribution in [3.05, 3.63) is 48.0 Å². The molecule has 1 heterocycles. The van der Waals surface area contributed by atoms with Crippen molar-refractivity contribution in [1.29, 1.82) is 0 Å². The molecule has 0 atom stereocenters. The van der Waals surface area contributed by atoms with Crippen molar-refractivity contribution in [2.75, 3.05) is 13.2 Å². The summed E-state index contributed by atoms with van der Waals surface area (Å²) in [5.74, 6) is 0.829. The molecule has 0 fully saturated rings. The fraction of sp³-hybridized carbons (Fsp3) is 0.450. The summed E-state index contributed by atoms with van der Waals surface area (Å²) in [6.07, 6.45) is 0. The molecule has 2 aromatic rings. The maximum atomic E-state index is 4.90. The Morgan fingerprint density at radius 3 is 1.95 bits per heavy atom. The smallest absolute Gasteiger partial charge is 0.180 e. The molecule has 2 aromatic carbocycles. The van der Waals surface area contributed by atoms with Gasteiger partial charge in [-0.15, -0.1) is 0 Å². The average molecular weight is 299 g/mol. The Hall–Kier alpha value is -1.83. The van der Waals surface area contributed by atoms with E-state index in [4.69, 9.17) is 4.74 Å². The predicted molar refractivity (Wildman–Crippen MR) is 97.7 cm³/mol. The molecular formula is C20H29NO. The van der Waals surface area contributed by atoms with Gasteiger partial charge in [0.15, 0.2) is 5.90 Å². The predicted octanol–water partition coefficient (Wildman–Crippen LogP) is 5.64. The third kappa shape index (κ3) is 8.46. The van der Waals surface area contributed by atoms with Crippen molar-refractivity contribution in [3.63, 3.8) is 0 Å². The summed E-state index contributed by atoms with van der Waals surface area (Å²) in [4.78, 5) is 3.93. The number of rotatable bonds is 0. The van der Waals surface area contributed by atoms with Crippen LogP contribution in [0.2, 0.25) is 0 Å². The Morgan fingerprint density at radius 2 is 1.50 bits per heavy atom. The Labute approximate surface area is 135 Å². The van der Waals surface area contributed by atoms with Gasteiger partial charge in [-0.2, -0.15) is 0 Å². The van der Waals surface area contributed by atoms with E-state index in [0.29, 0.717) is 5.41 Å². The first-order chi connectivity index (χ1) is 10.3. The number of hydrogen-bond donors (Lipinski definition) is 0. The summed E-state index contributed by atoms with van der Waals surface area (Å²) >= 11 is 0. The van der Waals surface area contributed by atoms with E-state index in [1.165, 1.54) is 16.3 Å². The van der Waals surface area contributed by atoms with Crippen molar-refractivity contribution < 1.29 is 4.74 Å². The summed E-state index contributed by atoms with van der Waals surface area (Å²) in [5.41, 5.74) is 1.82. The van der Waals surface area contributed by atoms with E-state index in [-0.39, 0.29) is 0 Å². The van der Waals surface area contributed by atoms with Crippen LogP contribution in [0.4, 0.5) is 0 Å². The first-order valence-electron chi connectivity index (χ1n) is 7.85. The van der Waals surface area contributed by atoms with Gasteiger partial charge in [0.1, 0.15) is 6.61 Å². The van der Waals surface area contributed by atoms with E-state index in [1.54, 1.807) is 0 Å². The lowest BCUT2D eigenvalue weighted by Crippen LogP contribution is -1.93. The Morgan fingerprint density at radius 1 is 0.909 bits per heavy atom. The van der Waals surface area contributed by atoms with E-state index in [0.717, 1.165) is 19.0 Å². The van der Waals surface area contributed by atoms with Crippen LogP contribution in [-0.4, -0.2) is 19.0 Å². The lowest BCUT2D eigenvalue weighted by atomic mass is 10.0. The van der Waals surface area contributed by atoms with E-state index < -0.39 is 0 Å². The molecule has 120 valence electrons. The number of aliphatic imine (C=N–C) groups is 1. The summed E-state index contributed by atoms with van der Waals surface area (Å²) < 4.78 is 4.90. The molecule has 0 aromatic heterocycles. The number of nitrogens with zero attached hydrogens (tertiary/aromatic N) is 1. The van der Waals surface area contributed by atoms with Crippen LogP contribution in [-0.2, 0) is 4.74 Å². The highest BCUT2D eigenvalue weighted by Gasteiger charge is 1.96. The average Bonchev–Trinajstić information content (AvgIpc) is 2.88. The molecule has 0 N–H and O–H groups in total. The number of aryl methyl sites for hydroxylation is 1. The molecule has 22 heavy (non-hydrogen) atoms. The molecule has 3 rings (SSSR count). The molecule has 1 aliphatic rings. The van der Waals surface area contributed by atoms with Crippen LogP contribution in [0.15, 0.2) is 47.5 Å². The second kappa shape index (κ2) is 8.57. The number of hydrogen-bond acceptors (Lipinski definition) is 2. The normalized spacial score (nSPS) is 13.3. The highest BCUT2D eigenvalue weighted by molar-refractivity contribution is 5.82. The van der Waals surface area contributed by atoms with Crippen molar-refractivity contribution in [2.45, 2.75) is 41.5 Å². The van der Waals surface area contributed by atoms with Crippen LogP contribution in [0.3, 0.4) is 0 Å². The van der Waals surface area contributed by atoms with Crippen LogP contribution in [0.1, 0.15) is 40.2 Å². The zero-order valence-electron chi connectivity index (χ0n) is 14.8. The monoisotopic (exact) mass is 299 g/mol. The van der Waals surface area contributed by atoms with Crippen LogP contribution in [0.5, 0.6) is 0 Å². The number of ether oxygens (including phenoxy) is 1. The molecule has 2 heteroatoms. The molecule has 2 nitrogen and oxygen atoms in total. The highest BCUT2D eigenvalue weighted by atomic mass is 16.5. The minimum Gasteiger partial charge on any atom is -0.479 e. The fourth-order valence-corrected chi connectivity index (χ4v) is 1.75. The zero-order valence-corrected chi connectivity index (χ0v) is 14.8. The first kappa shape index (κ1) is 18.2. The van der Waals surface area contributed by atoms with Crippen molar-refractivity contribution in [2.24, 2.45) is 10.4 Å². The van der Waals surface area contributed by atoms with Gasteiger partial charge in [-0.25, -0.2) is 0 Å². The SMILES string of the molecule is CC(C)(C)C.CC1=NCCO1.Cc1ccc2ccccc2c1. The third-order valence-corrected chi connectivity index (χ3v) is 2.64. The lowest BCUT2D eigenvalue weighted by molar-refractivity contribution is 0.345. The van der Waals surface area contributed by atoms with Crippen LogP contribution >= 0.6 is 0 Å². The first-order valence-corrected chi connectivity index (χ1v) is 7.85.